The molecule has 0 unspecified atom stereocenters. The van der Waals surface area contributed by atoms with Crippen molar-refractivity contribution in [3.63, 3.8) is 0 Å². The third kappa shape index (κ3) is 1.56. The highest BCUT2D eigenvalue weighted by atomic mass is 14.7. The van der Waals surface area contributed by atoms with Crippen LogP contribution in [0.3, 0.4) is 0 Å². The summed E-state index contributed by atoms with van der Waals surface area (Å²) in [6, 6.07) is 15.1. The van der Waals surface area contributed by atoms with E-state index in [1.54, 1.807) is 0 Å². The number of pyridine rings is 2. The van der Waals surface area contributed by atoms with Gasteiger partial charge < -0.3 is 0 Å². The fourth-order valence-corrected chi connectivity index (χ4v) is 4.51. The van der Waals surface area contributed by atoms with Gasteiger partial charge in [0.05, 0.1) is 11.0 Å². The molecule has 0 saturated heterocycles. The molecular weight excluding hydrogens is 292 g/mol. The van der Waals surface area contributed by atoms with Crippen LogP contribution < -0.4 is 0 Å². The average molecular weight is 310 g/mol. The van der Waals surface area contributed by atoms with Crippen LogP contribution in [-0.4, -0.2) is 9.97 Å². The molecule has 4 aromatic rings. The lowest BCUT2D eigenvalue weighted by molar-refractivity contribution is 0.671. The summed E-state index contributed by atoms with van der Waals surface area (Å²) in [5.41, 5.74) is 8.89. The van der Waals surface area contributed by atoms with Crippen LogP contribution in [0.5, 0.6) is 0 Å². The molecule has 0 spiro atoms. The number of benzene rings is 2. The number of aromatic nitrogens is 2. The van der Waals surface area contributed by atoms with Crippen LogP contribution in [0.2, 0.25) is 0 Å². The Labute approximate surface area is 141 Å². The predicted octanol–water partition coefficient (Wildman–Crippen LogP) is 5.40. The van der Waals surface area contributed by atoms with E-state index in [-0.39, 0.29) is 5.41 Å². The van der Waals surface area contributed by atoms with Gasteiger partial charge in [0.1, 0.15) is 0 Å². The van der Waals surface area contributed by atoms with E-state index >= 15 is 0 Å². The SMILES string of the molecule is Cc1cc2ncccc2c2c1-c1ccc3ncccc3c1C2(C)C. The Balaban J connectivity index is 2.02. The molecule has 2 heterocycles. The van der Waals surface area contributed by atoms with Crippen molar-refractivity contribution in [3.8, 4) is 11.1 Å². The van der Waals surface area contributed by atoms with Crippen molar-refractivity contribution >= 4 is 21.8 Å². The maximum atomic E-state index is 4.60. The highest BCUT2D eigenvalue weighted by molar-refractivity contribution is 6.02. The molecule has 0 radical (unpaired) electrons. The molecule has 116 valence electrons. The fraction of sp³-hybridized carbons (Fsp3) is 0.182. The molecule has 1 aliphatic carbocycles. The van der Waals surface area contributed by atoms with Gasteiger partial charge in [-0.2, -0.15) is 0 Å². The minimum Gasteiger partial charge on any atom is -0.256 e. The molecule has 1 aliphatic rings. The van der Waals surface area contributed by atoms with Gasteiger partial charge in [-0.05, 0) is 59.0 Å². The Morgan fingerprint density at radius 3 is 2.21 bits per heavy atom. The molecule has 0 saturated carbocycles. The zero-order valence-electron chi connectivity index (χ0n) is 14.1. The van der Waals surface area contributed by atoms with Gasteiger partial charge in [-0.25, -0.2) is 0 Å². The van der Waals surface area contributed by atoms with Gasteiger partial charge >= 0.3 is 0 Å². The number of nitrogens with zero attached hydrogens (tertiary/aromatic N) is 2. The molecule has 2 heteroatoms. The van der Waals surface area contributed by atoms with Crippen LogP contribution in [0.1, 0.15) is 30.5 Å². The van der Waals surface area contributed by atoms with Crippen molar-refractivity contribution < 1.29 is 0 Å². The Morgan fingerprint density at radius 2 is 1.46 bits per heavy atom. The maximum Gasteiger partial charge on any atom is 0.0708 e. The number of hydrogen-bond acceptors (Lipinski definition) is 2. The third-order valence-corrected chi connectivity index (χ3v) is 5.41. The quantitative estimate of drug-likeness (QED) is 0.435. The van der Waals surface area contributed by atoms with E-state index in [0.29, 0.717) is 0 Å². The number of fused-ring (bicyclic) bond motifs is 7. The Morgan fingerprint density at radius 1 is 0.792 bits per heavy atom. The molecule has 2 aromatic carbocycles. The van der Waals surface area contributed by atoms with Crippen LogP contribution >= 0.6 is 0 Å². The van der Waals surface area contributed by atoms with E-state index in [1.807, 2.05) is 24.5 Å². The Kier molecular flexibility index (Phi) is 2.52. The number of hydrogen-bond donors (Lipinski definition) is 0. The Bertz CT molecular complexity index is 1140. The summed E-state index contributed by atoms with van der Waals surface area (Å²) < 4.78 is 0. The lowest BCUT2D eigenvalue weighted by atomic mass is 9.79. The van der Waals surface area contributed by atoms with Crippen molar-refractivity contribution in [1.82, 2.24) is 9.97 Å². The monoisotopic (exact) mass is 310 g/mol. The van der Waals surface area contributed by atoms with Gasteiger partial charge in [0.2, 0.25) is 0 Å². The topological polar surface area (TPSA) is 25.8 Å². The molecule has 0 N–H and O–H groups in total. The van der Waals surface area contributed by atoms with Gasteiger partial charge in [-0.15, -0.1) is 0 Å². The molecule has 0 aliphatic heterocycles. The van der Waals surface area contributed by atoms with Gasteiger partial charge in [0.25, 0.3) is 0 Å². The number of rotatable bonds is 0. The predicted molar refractivity (Wildman–Crippen MR) is 99.3 cm³/mol. The average Bonchev–Trinajstić information content (AvgIpc) is 2.84. The van der Waals surface area contributed by atoms with Crippen LogP contribution in [-0.2, 0) is 5.41 Å². The molecule has 24 heavy (non-hydrogen) atoms. The first-order chi connectivity index (χ1) is 11.6. The summed E-state index contributed by atoms with van der Waals surface area (Å²) in [4.78, 5) is 9.16. The van der Waals surface area contributed by atoms with E-state index in [1.165, 1.54) is 38.6 Å². The summed E-state index contributed by atoms with van der Waals surface area (Å²) in [5, 5.41) is 2.52. The molecule has 2 aromatic heterocycles. The largest absolute Gasteiger partial charge is 0.256 e. The van der Waals surface area contributed by atoms with Crippen LogP contribution in [0, 0.1) is 6.92 Å². The normalized spacial score (nSPS) is 14.8. The van der Waals surface area contributed by atoms with Crippen molar-refractivity contribution in [2.45, 2.75) is 26.2 Å². The Hall–Kier alpha value is -2.74. The third-order valence-electron chi connectivity index (χ3n) is 5.41. The lowest BCUT2D eigenvalue weighted by Crippen LogP contribution is -2.16. The standard InChI is InChI=1S/C22H18N2/c1-13-12-18-15(7-5-11-24-18)21-19(13)16-8-9-17-14(6-4-10-23-17)20(16)22(21,2)3/h4-12H,1-3H3. The molecular formula is C22H18N2. The minimum absolute atomic E-state index is 0.0689. The second-order valence-electron chi connectivity index (χ2n) is 7.20. The molecule has 5 rings (SSSR count). The minimum atomic E-state index is -0.0689. The van der Waals surface area contributed by atoms with E-state index in [4.69, 9.17) is 0 Å². The fourth-order valence-electron chi connectivity index (χ4n) is 4.51. The summed E-state index contributed by atoms with van der Waals surface area (Å²) in [6.45, 7) is 6.86. The van der Waals surface area contributed by atoms with Crippen molar-refractivity contribution in [2.75, 3.05) is 0 Å². The molecule has 0 fully saturated rings. The van der Waals surface area contributed by atoms with Gasteiger partial charge in [-0.3, -0.25) is 9.97 Å². The van der Waals surface area contributed by atoms with E-state index in [2.05, 4.69) is 61.1 Å². The second-order valence-corrected chi connectivity index (χ2v) is 7.20. The van der Waals surface area contributed by atoms with Gasteiger partial charge in [0, 0.05) is 28.6 Å². The molecule has 0 atom stereocenters. The first-order valence-corrected chi connectivity index (χ1v) is 8.36. The first-order valence-electron chi connectivity index (χ1n) is 8.36. The maximum absolute atomic E-state index is 4.60. The highest BCUT2D eigenvalue weighted by Gasteiger charge is 2.39. The first kappa shape index (κ1) is 13.7. The summed E-state index contributed by atoms with van der Waals surface area (Å²) in [5.74, 6) is 0. The van der Waals surface area contributed by atoms with Crippen molar-refractivity contribution in [2.24, 2.45) is 0 Å². The lowest BCUT2D eigenvalue weighted by Gasteiger charge is -2.24. The molecule has 0 bridgehead atoms. The second kappa shape index (κ2) is 4.41. The van der Waals surface area contributed by atoms with Crippen LogP contribution in [0.25, 0.3) is 32.9 Å². The van der Waals surface area contributed by atoms with Gasteiger partial charge in [0.15, 0.2) is 0 Å². The van der Waals surface area contributed by atoms with Crippen LogP contribution in [0.4, 0.5) is 0 Å². The van der Waals surface area contributed by atoms with Crippen LogP contribution in [0.15, 0.2) is 54.9 Å². The summed E-state index contributed by atoms with van der Waals surface area (Å²) in [6.07, 6.45) is 3.75. The number of aryl methyl sites for hydroxylation is 1. The van der Waals surface area contributed by atoms with E-state index < -0.39 is 0 Å². The van der Waals surface area contributed by atoms with Gasteiger partial charge in [-0.1, -0.05) is 32.0 Å². The highest BCUT2D eigenvalue weighted by Crippen LogP contribution is 2.54. The van der Waals surface area contributed by atoms with E-state index in [0.717, 1.165) is 11.0 Å². The smallest absolute Gasteiger partial charge is 0.0708 e. The summed E-state index contributed by atoms with van der Waals surface area (Å²) >= 11 is 0. The zero-order chi connectivity index (χ0) is 16.5. The zero-order valence-corrected chi connectivity index (χ0v) is 14.1. The van der Waals surface area contributed by atoms with E-state index in [9.17, 15) is 0 Å². The molecule has 0 amide bonds. The van der Waals surface area contributed by atoms with Crippen molar-refractivity contribution in [3.05, 3.63) is 71.5 Å². The summed E-state index contributed by atoms with van der Waals surface area (Å²) in [7, 11) is 0. The van der Waals surface area contributed by atoms with Crippen molar-refractivity contribution in [1.29, 1.82) is 0 Å². The molecule has 2 nitrogen and oxygen atoms in total.